The minimum absolute atomic E-state index is 0.807. The van der Waals surface area contributed by atoms with Gasteiger partial charge in [0, 0.05) is 37.1 Å². The summed E-state index contributed by atoms with van der Waals surface area (Å²) in [5, 5.41) is 3.51. The standard InChI is InChI=1S/C22H32N2O/c1-3-5-6-10-18-25-22-15-11-12-20(19-22)23-16-17-24(4-2)21-13-8-7-9-14-21/h7-9,11-15,19,23H,3-6,10,16-18H2,1-2H3. The Morgan fingerprint density at radius 1 is 0.920 bits per heavy atom. The van der Waals surface area contributed by atoms with E-state index >= 15 is 0 Å². The van der Waals surface area contributed by atoms with Crippen molar-refractivity contribution in [2.24, 2.45) is 0 Å². The molecule has 0 saturated heterocycles. The van der Waals surface area contributed by atoms with Gasteiger partial charge in [-0.3, -0.25) is 0 Å². The Morgan fingerprint density at radius 3 is 2.52 bits per heavy atom. The van der Waals surface area contributed by atoms with Crippen LogP contribution in [0.15, 0.2) is 54.6 Å². The molecular weight excluding hydrogens is 308 g/mol. The molecule has 3 nitrogen and oxygen atoms in total. The second-order valence-electron chi connectivity index (χ2n) is 6.28. The van der Waals surface area contributed by atoms with E-state index in [0.717, 1.165) is 44.1 Å². The Hall–Kier alpha value is -2.16. The monoisotopic (exact) mass is 340 g/mol. The molecule has 0 saturated carbocycles. The zero-order chi connectivity index (χ0) is 17.7. The average Bonchev–Trinajstić information content (AvgIpc) is 2.66. The van der Waals surface area contributed by atoms with Crippen LogP contribution >= 0.6 is 0 Å². The van der Waals surface area contributed by atoms with E-state index in [0.29, 0.717) is 0 Å². The molecule has 0 atom stereocenters. The molecule has 0 spiro atoms. The molecule has 0 radical (unpaired) electrons. The number of nitrogens with one attached hydrogen (secondary N) is 1. The third-order valence-corrected chi connectivity index (χ3v) is 4.31. The summed E-state index contributed by atoms with van der Waals surface area (Å²) in [6.45, 7) is 8.12. The molecular formula is C22H32N2O. The van der Waals surface area contributed by atoms with Crippen molar-refractivity contribution >= 4 is 11.4 Å². The summed E-state index contributed by atoms with van der Waals surface area (Å²) in [6.07, 6.45) is 4.94. The number of anilines is 2. The van der Waals surface area contributed by atoms with E-state index in [1.54, 1.807) is 0 Å². The van der Waals surface area contributed by atoms with E-state index in [2.05, 4.69) is 72.6 Å². The predicted molar refractivity (Wildman–Crippen MR) is 109 cm³/mol. The molecule has 0 fully saturated rings. The van der Waals surface area contributed by atoms with Gasteiger partial charge in [0.25, 0.3) is 0 Å². The number of hydrogen-bond acceptors (Lipinski definition) is 3. The topological polar surface area (TPSA) is 24.5 Å². The molecule has 2 rings (SSSR count). The molecule has 3 heteroatoms. The van der Waals surface area contributed by atoms with E-state index in [9.17, 15) is 0 Å². The molecule has 0 aliphatic carbocycles. The summed E-state index contributed by atoms with van der Waals surface area (Å²) in [4.78, 5) is 2.38. The normalized spacial score (nSPS) is 10.5. The highest BCUT2D eigenvalue weighted by atomic mass is 16.5. The zero-order valence-electron chi connectivity index (χ0n) is 15.7. The van der Waals surface area contributed by atoms with Gasteiger partial charge >= 0.3 is 0 Å². The Labute approximate surface area is 153 Å². The van der Waals surface area contributed by atoms with Gasteiger partial charge in [-0.2, -0.15) is 0 Å². The van der Waals surface area contributed by atoms with Crippen molar-refractivity contribution < 1.29 is 4.74 Å². The molecule has 0 aliphatic rings. The summed E-state index contributed by atoms with van der Waals surface area (Å²) in [5.74, 6) is 0.955. The lowest BCUT2D eigenvalue weighted by atomic mass is 10.2. The zero-order valence-corrected chi connectivity index (χ0v) is 15.7. The SMILES string of the molecule is CCCCCCOc1cccc(NCCN(CC)c2ccccc2)c1. The van der Waals surface area contributed by atoms with Crippen molar-refractivity contribution in [3.05, 3.63) is 54.6 Å². The molecule has 0 amide bonds. The number of benzene rings is 2. The van der Waals surface area contributed by atoms with Crippen LogP contribution in [0.25, 0.3) is 0 Å². The van der Waals surface area contributed by atoms with E-state index in [1.165, 1.54) is 24.9 Å². The van der Waals surface area contributed by atoms with E-state index < -0.39 is 0 Å². The third-order valence-electron chi connectivity index (χ3n) is 4.31. The predicted octanol–water partition coefficient (Wildman–Crippen LogP) is 5.58. The highest BCUT2D eigenvalue weighted by Gasteiger charge is 2.03. The highest BCUT2D eigenvalue weighted by molar-refractivity contribution is 5.49. The average molecular weight is 341 g/mol. The fourth-order valence-corrected chi connectivity index (χ4v) is 2.86. The lowest BCUT2D eigenvalue weighted by Crippen LogP contribution is -2.28. The van der Waals surface area contributed by atoms with Crippen molar-refractivity contribution in [1.29, 1.82) is 0 Å². The lowest BCUT2D eigenvalue weighted by Gasteiger charge is -2.23. The molecule has 0 aliphatic heterocycles. The Morgan fingerprint density at radius 2 is 1.76 bits per heavy atom. The van der Waals surface area contributed by atoms with Crippen LogP contribution in [-0.4, -0.2) is 26.2 Å². The summed E-state index contributed by atoms with van der Waals surface area (Å²) < 4.78 is 5.86. The van der Waals surface area contributed by atoms with Crippen LogP contribution < -0.4 is 15.0 Å². The lowest BCUT2D eigenvalue weighted by molar-refractivity contribution is 0.305. The Bertz CT molecular complexity index is 586. The Kier molecular flexibility index (Phi) is 8.74. The molecule has 2 aromatic carbocycles. The number of nitrogens with zero attached hydrogens (tertiary/aromatic N) is 1. The van der Waals surface area contributed by atoms with Gasteiger partial charge in [-0.15, -0.1) is 0 Å². The molecule has 2 aromatic rings. The van der Waals surface area contributed by atoms with Gasteiger partial charge in [0.1, 0.15) is 5.75 Å². The van der Waals surface area contributed by atoms with Gasteiger partial charge < -0.3 is 15.0 Å². The second-order valence-corrected chi connectivity index (χ2v) is 6.28. The van der Waals surface area contributed by atoms with Crippen molar-refractivity contribution in [2.75, 3.05) is 36.5 Å². The highest BCUT2D eigenvalue weighted by Crippen LogP contribution is 2.18. The minimum Gasteiger partial charge on any atom is -0.494 e. The van der Waals surface area contributed by atoms with E-state index in [-0.39, 0.29) is 0 Å². The van der Waals surface area contributed by atoms with Crippen molar-refractivity contribution in [2.45, 2.75) is 39.5 Å². The molecule has 0 heterocycles. The number of unbranched alkanes of at least 4 members (excludes halogenated alkanes) is 3. The van der Waals surface area contributed by atoms with Crippen molar-refractivity contribution in [3.63, 3.8) is 0 Å². The smallest absolute Gasteiger partial charge is 0.121 e. The van der Waals surface area contributed by atoms with Gasteiger partial charge in [-0.05, 0) is 37.6 Å². The van der Waals surface area contributed by atoms with Crippen LogP contribution in [0, 0.1) is 0 Å². The van der Waals surface area contributed by atoms with Gasteiger partial charge in [-0.1, -0.05) is 50.5 Å². The quantitative estimate of drug-likeness (QED) is 0.510. The van der Waals surface area contributed by atoms with Crippen molar-refractivity contribution in [1.82, 2.24) is 0 Å². The van der Waals surface area contributed by atoms with Gasteiger partial charge in [0.05, 0.1) is 6.61 Å². The maximum atomic E-state index is 5.86. The van der Waals surface area contributed by atoms with E-state index in [1.807, 2.05) is 6.07 Å². The fraction of sp³-hybridized carbons (Fsp3) is 0.455. The summed E-state index contributed by atoms with van der Waals surface area (Å²) in [5.41, 5.74) is 2.39. The van der Waals surface area contributed by atoms with Crippen LogP contribution in [0.4, 0.5) is 11.4 Å². The summed E-state index contributed by atoms with van der Waals surface area (Å²) in [6, 6.07) is 18.9. The number of ether oxygens (including phenoxy) is 1. The number of para-hydroxylation sites is 1. The van der Waals surface area contributed by atoms with Crippen LogP contribution in [0.1, 0.15) is 39.5 Å². The summed E-state index contributed by atoms with van der Waals surface area (Å²) >= 11 is 0. The minimum atomic E-state index is 0.807. The van der Waals surface area contributed by atoms with Crippen LogP contribution in [0.3, 0.4) is 0 Å². The van der Waals surface area contributed by atoms with E-state index in [4.69, 9.17) is 4.74 Å². The second kappa shape index (κ2) is 11.4. The third kappa shape index (κ3) is 7.08. The molecule has 0 aromatic heterocycles. The fourth-order valence-electron chi connectivity index (χ4n) is 2.86. The summed E-state index contributed by atoms with van der Waals surface area (Å²) in [7, 11) is 0. The molecule has 25 heavy (non-hydrogen) atoms. The maximum Gasteiger partial charge on any atom is 0.121 e. The number of hydrogen-bond donors (Lipinski definition) is 1. The van der Waals surface area contributed by atoms with Gasteiger partial charge in [0.2, 0.25) is 0 Å². The number of likely N-dealkylation sites (N-methyl/N-ethyl adjacent to an activating group) is 1. The largest absolute Gasteiger partial charge is 0.494 e. The molecule has 1 N–H and O–H groups in total. The Balaban J connectivity index is 1.75. The van der Waals surface area contributed by atoms with Gasteiger partial charge in [-0.25, -0.2) is 0 Å². The maximum absolute atomic E-state index is 5.86. The first kappa shape index (κ1) is 19.2. The molecule has 136 valence electrons. The van der Waals surface area contributed by atoms with Gasteiger partial charge in [0.15, 0.2) is 0 Å². The van der Waals surface area contributed by atoms with Crippen LogP contribution in [0.2, 0.25) is 0 Å². The number of rotatable bonds is 12. The van der Waals surface area contributed by atoms with Crippen LogP contribution in [-0.2, 0) is 0 Å². The first-order valence-electron chi connectivity index (χ1n) is 9.60. The van der Waals surface area contributed by atoms with Crippen LogP contribution in [0.5, 0.6) is 5.75 Å². The van der Waals surface area contributed by atoms with Crippen molar-refractivity contribution in [3.8, 4) is 5.75 Å². The molecule has 0 unspecified atom stereocenters. The molecule has 0 bridgehead atoms. The first-order chi connectivity index (χ1) is 12.3. The first-order valence-corrected chi connectivity index (χ1v) is 9.60.